The van der Waals surface area contributed by atoms with Gasteiger partial charge in [-0.3, -0.25) is 4.99 Å². The summed E-state index contributed by atoms with van der Waals surface area (Å²) in [6, 6.07) is 0.671. The van der Waals surface area contributed by atoms with Gasteiger partial charge in [-0.05, 0) is 32.9 Å². The molecule has 17 heavy (non-hydrogen) atoms. The number of hydrogen-bond donors (Lipinski definition) is 2. The van der Waals surface area contributed by atoms with Crippen molar-refractivity contribution in [1.29, 1.82) is 0 Å². The second-order valence-corrected chi connectivity index (χ2v) is 4.86. The number of unbranched alkanes of at least 4 members (excludes halogenated alkanes) is 2. The fraction of sp³-hybridized carbons (Fsp3) is 0.923. The van der Waals surface area contributed by atoms with Crippen molar-refractivity contribution >= 4 is 5.96 Å². The van der Waals surface area contributed by atoms with E-state index < -0.39 is 0 Å². The van der Waals surface area contributed by atoms with E-state index in [1.807, 2.05) is 7.05 Å². The number of hydrogen-bond acceptors (Lipinski definition) is 2. The highest BCUT2D eigenvalue weighted by atomic mass is 15.2. The molecule has 4 nitrogen and oxygen atoms in total. The molecule has 2 N–H and O–H groups in total. The second-order valence-electron chi connectivity index (χ2n) is 4.86. The van der Waals surface area contributed by atoms with E-state index in [0.29, 0.717) is 6.04 Å². The van der Waals surface area contributed by atoms with Crippen LogP contribution in [0.4, 0.5) is 0 Å². The molecule has 1 saturated heterocycles. The first-order valence-corrected chi connectivity index (χ1v) is 6.92. The summed E-state index contributed by atoms with van der Waals surface area (Å²) >= 11 is 0. The summed E-state index contributed by atoms with van der Waals surface area (Å²) in [4.78, 5) is 6.68. The third kappa shape index (κ3) is 5.39. The Bertz CT molecular complexity index is 227. The molecule has 1 aliphatic rings. The Morgan fingerprint density at radius 1 is 1.35 bits per heavy atom. The van der Waals surface area contributed by atoms with Crippen molar-refractivity contribution in [3.63, 3.8) is 0 Å². The van der Waals surface area contributed by atoms with E-state index in [-0.39, 0.29) is 0 Å². The third-order valence-corrected chi connectivity index (χ3v) is 3.47. The SMILES string of the molecule is CCCCCNC(=NC)NCC1CCCN1C. The number of rotatable bonds is 6. The molecule has 1 aliphatic heterocycles. The summed E-state index contributed by atoms with van der Waals surface area (Å²) < 4.78 is 0. The van der Waals surface area contributed by atoms with Gasteiger partial charge in [-0.25, -0.2) is 0 Å². The van der Waals surface area contributed by atoms with E-state index in [9.17, 15) is 0 Å². The lowest BCUT2D eigenvalue weighted by Gasteiger charge is -2.21. The van der Waals surface area contributed by atoms with Gasteiger partial charge in [0.15, 0.2) is 5.96 Å². The van der Waals surface area contributed by atoms with E-state index in [0.717, 1.165) is 19.0 Å². The van der Waals surface area contributed by atoms with Crippen molar-refractivity contribution in [3.8, 4) is 0 Å². The van der Waals surface area contributed by atoms with Crippen LogP contribution in [0.5, 0.6) is 0 Å². The lowest BCUT2D eigenvalue weighted by molar-refractivity contribution is 0.309. The zero-order valence-electron chi connectivity index (χ0n) is 11.6. The number of nitrogens with one attached hydrogen (secondary N) is 2. The molecule has 0 radical (unpaired) electrons. The van der Waals surface area contributed by atoms with Crippen LogP contribution in [0.3, 0.4) is 0 Å². The predicted molar refractivity (Wildman–Crippen MR) is 74.5 cm³/mol. The minimum Gasteiger partial charge on any atom is -0.356 e. The molecule has 1 heterocycles. The summed E-state index contributed by atoms with van der Waals surface area (Å²) in [5, 5.41) is 6.78. The summed E-state index contributed by atoms with van der Waals surface area (Å²) in [7, 11) is 4.05. The maximum Gasteiger partial charge on any atom is 0.191 e. The van der Waals surface area contributed by atoms with Crippen molar-refractivity contribution in [2.75, 3.05) is 33.7 Å². The molecule has 1 atom stereocenters. The molecule has 0 spiro atoms. The lowest BCUT2D eigenvalue weighted by Crippen LogP contribution is -2.44. The van der Waals surface area contributed by atoms with E-state index in [4.69, 9.17) is 0 Å². The molecule has 0 bridgehead atoms. The first kappa shape index (κ1) is 14.3. The average molecular weight is 240 g/mol. The Kier molecular flexibility index (Phi) is 7.01. The van der Waals surface area contributed by atoms with Gasteiger partial charge in [0, 0.05) is 26.2 Å². The molecule has 0 saturated carbocycles. The highest BCUT2D eigenvalue weighted by Gasteiger charge is 2.20. The topological polar surface area (TPSA) is 39.7 Å². The molecular formula is C13H28N4. The third-order valence-electron chi connectivity index (χ3n) is 3.47. The van der Waals surface area contributed by atoms with Crippen LogP contribution >= 0.6 is 0 Å². The normalized spacial score (nSPS) is 21.8. The minimum atomic E-state index is 0.671. The molecule has 0 aromatic rings. The summed E-state index contributed by atoms with van der Waals surface area (Å²) in [6.07, 6.45) is 6.40. The molecule has 0 aromatic heterocycles. The first-order chi connectivity index (χ1) is 8.27. The number of aliphatic imine (C=N–C) groups is 1. The quantitative estimate of drug-likeness (QED) is 0.419. The van der Waals surface area contributed by atoms with Crippen LogP contribution in [-0.4, -0.2) is 50.6 Å². The van der Waals surface area contributed by atoms with Gasteiger partial charge < -0.3 is 15.5 Å². The van der Waals surface area contributed by atoms with Gasteiger partial charge in [-0.15, -0.1) is 0 Å². The monoisotopic (exact) mass is 240 g/mol. The fourth-order valence-electron chi connectivity index (χ4n) is 2.25. The Morgan fingerprint density at radius 3 is 2.76 bits per heavy atom. The molecule has 100 valence electrons. The number of likely N-dealkylation sites (tertiary alicyclic amines) is 1. The van der Waals surface area contributed by atoms with Crippen molar-refractivity contribution in [2.24, 2.45) is 4.99 Å². The molecule has 1 unspecified atom stereocenters. The summed E-state index contributed by atoms with van der Waals surface area (Å²) in [5.74, 6) is 0.946. The van der Waals surface area contributed by atoms with E-state index in [2.05, 4.69) is 34.5 Å². The Balaban J connectivity index is 2.14. The maximum absolute atomic E-state index is 4.25. The Labute approximate surface area is 106 Å². The molecule has 0 amide bonds. The van der Waals surface area contributed by atoms with Gasteiger partial charge in [0.25, 0.3) is 0 Å². The van der Waals surface area contributed by atoms with E-state index in [1.54, 1.807) is 0 Å². The Morgan fingerprint density at radius 2 is 2.18 bits per heavy atom. The molecule has 1 fully saturated rings. The zero-order chi connectivity index (χ0) is 12.5. The van der Waals surface area contributed by atoms with Gasteiger partial charge in [0.05, 0.1) is 0 Å². The molecular weight excluding hydrogens is 212 g/mol. The molecule has 1 rings (SSSR count). The minimum absolute atomic E-state index is 0.671. The molecule has 0 aromatic carbocycles. The van der Waals surface area contributed by atoms with Crippen molar-refractivity contribution < 1.29 is 0 Å². The predicted octanol–water partition coefficient (Wildman–Crippen LogP) is 1.44. The van der Waals surface area contributed by atoms with Crippen molar-refractivity contribution in [2.45, 2.75) is 45.1 Å². The van der Waals surface area contributed by atoms with Crippen LogP contribution in [0, 0.1) is 0 Å². The second kappa shape index (κ2) is 8.34. The van der Waals surface area contributed by atoms with Crippen LogP contribution in [0.25, 0.3) is 0 Å². The van der Waals surface area contributed by atoms with Crippen LogP contribution in [-0.2, 0) is 0 Å². The largest absolute Gasteiger partial charge is 0.356 e. The van der Waals surface area contributed by atoms with Gasteiger partial charge in [0.1, 0.15) is 0 Å². The first-order valence-electron chi connectivity index (χ1n) is 6.92. The smallest absolute Gasteiger partial charge is 0.191 e. The average Bonchev–Trinajstić information content (AvgIpc) is 2.74. The summed E-state index contributed by atoms with van der Waals surface area (Å²) in [5.41, 5.74) is 0. The number of guanidine groups is 1. The standard InChI is InChI=1S/C13H28N4/c1-4-5-6-9-15-13(14-2)16-11-12-8-7-10-17(12)3/h12H,4-11H2,1-3H3,(H2,14,15,16). The Hall–Kier alpha value is -0.770. The van der Waals surface area contributed by atoms with Crippen LogP contribution in [0.15, 0.2) is 4.99 Å². The molecule has 4 heteroatoms. The van der Waals surface area contributed by atoms with Gasteiger partial charge in [-0.1, -0.05) is 19.8 Å². The van der Waals surface area contributed by atoms with Crippen LogP contribution < -0.4 is 10.6 Å². The van der Waals surface area contributed by atoms with Crippen molar-refractivity contribution in [3.05, 3.63) is 0 Å². The number of likely N-dealkylation sites (N-methyl/N-ethyl adjacent to an activating group) is 1. The number of nitrogens with zero attached hydrogens (tertiary/aromatic N) is 2. The van der Waals surface area contributed by atoms with Gasteiger partial charge in [0.2, 0.25) is 0 Å². The van der Waals surface area contributed by atoms with E-state index in [1.165, 1.54) is 38.6 Å². The highest BCUT2D eigenvalue weighted by Crippen LogP contribution is 2.13. The lowest BCUT2D eigenvalue weighted by atomic mass is 10.2. The van der Waals surface area contributed by atoms with Gasteiger partial charge >= 0.3 is 0 Å². The van der Waals surface area contributed by atoms with Gasteiger partial charge in [-0.2, -0.15) is 0 Å². The molecule has 0 aliphatic carbocycles. The van der Waals surface area contributed by atoms with E-state index >= 15 is 0 Å². The fourth-order valence-corrected chi connectivity index (χ4v) is 2.25. The van der Waals surface area contributed by atoms with Crippen LogP contribution in [0.1, 0.15) is 39.0 Å². The summed E-state index contributed by atoms with van der Waals surface area (Å²) in [6.45, 7) is 5.48. The van der Waals surface area contributed by atoms with Crippen molar-refractivity contribution in [1.82, 2.24) is 15.5 Å². The maximum atomic E-state index is 4.25. The zero-order valence-corrected chi connectivity index (χ0v) is 11.6. The van der Waals surface area contributed by atoms with Crippen LogP contribution in [0.2, 0.25) is 0 Å². The highest BCUT2D eigenvalue weighted by molar-refractivity contribution is 5.79.